The van der Waals surface area contributed by atoms with E-state index in [9.17, 15) is 9.90 Å². The molecular weight excluding hydrogens is 291 g/mol. The summed E-state index contributed by atoms with van der Waals surface area (Å²) in [7, 11) is 0. The monoisotopic (exact) mass is 302 g/mol. The molecule has 14 heavy (non-hydrogen) atoms. The molecule has 0 saturated carbocycles. The number of ketones is 1. The van der Waals surface area contributed by atoms with Gasteiger partial charge in [-0.05, 0) is 60.2 Å². The van der Waals surface area contributed by atoms with Gasteiger partial charge in [0.15, 0.2) is 5.78 Å². The second kappa shape index (κ2) is 4.59. The van der Waals surface area contributed by atoms with E-state index < -0.39 is 0 Å². The lowest BCUT2D eigenvalue weighted by Gasteiger charge is -2.04. The summed E-state index contributed by atoms with van der Waals surface area (Å²) >= 11 is 2.01. The number of carbonyl (C=O) groups excluding carboxylic acids is 1. The summed E-state index contributed by atoms with van der Waals surface area (Å²) in [6.45, 7) is 3.64. The molecule has 0 amide bonds. The number of aromatic hydroxyl groups is 1. The predicted molar refractivity (Wildman–Crippen MR) is 65.0 cm³/mol. The van der Waals surface area contributed by atoms with Crippen LogP contribution in [0.2, 0.25) is 0 Å². The molecule has 0 heterocycles. The number of hydrogen-bond acceptors (Lipinski definition) is 2. The van der Waals surface area contributed by atoms with Gasteiger partial charge >= 0.3 is 0 Å². The second-order valence-electron chi connectivity index (χ2n) is 2.96. The first-order valence-corrected chi connectivity index (χ1v) is 5.30. The van der Waals surface area contributed by atoms with Crippen molar-refractivity contribution in [3.05, 3.63) is 39.0 Å². The molecule has 0 aliphatic heterocycles. The highest BCUT2D eigenvalue weighted by molar-refractivity contribution is 14.1. The van der Waals surface area contributed by atoms with Gasteiger partial charge in [-0.15, -0.1) is 0 Å². The molecule has 2 nitrogen and oxygen atoms in total. The van der Waals surface area contributed by atoms with Crippen LogP contribution in [0.3, 0.4) is 0 Å². The predicted octanol–water partition coefficient (Wildman–Crippen LogP) is 3.22. The van der Waals surface area contributed by atoms with Gasteiger partial charge < -0.3 is 5.11 Å². The number of phenols is 1. The van der Waals surface area contributed by atoms with Gasteiger partial charge in [0.05, 0.1) is 3.58 Å². The van der Waals surface area contributed by atoms with E-state index in [1.165, 1.54) is 6.07 Å². The smallest absolute Gasteiger partial charge is 0.199 e. The van der Waals surface area contributed by atoms with E-state index in [0.29, 0.717) is 9.14 Å². The van der Waals surface area contributed by atoms with Crippen LogP contribution < -0.4 is 0 Å². The Morgan fingerprint density at radius 1 is 1.50 bits per heavy atom. The van der Waals surface area contributed by atoms with Crippen LogP contribution in [0.5, 0.6) is 5.75 Å². The van der Waals surface area contributed by atoms with E-state index in [1.807, 2.05) is 36.4 Å². The highest BCUT2D eigenvalue weighted by atomic mass is 127. The van der Waals surface area contributed by atoms with Gasteiger partial charge in [0, 0.05) is 5.56 Å². The Morgan fingerprint density at radius 3 is 2.64 bits per heavy atom. The standard InChI is InChI=1S/C11H11IO2/c1-3-10(12)11(14)9-5-4-8(13)6-7(9)2/h3-6,13H,1-2H3/b10-3+. The third-order valence-corrected chi connectivity index (χ3v) is 3.04. The number of benzene rings is 1. The summed E-state index contributed by atoms with van der Waals surface area (Å²) in [6.07, 6.45) is 1.77. The number of phenolic OH excluding ortho intramolecular Hbond substituents is 1. The van der Waals surface area contributed by atoms with Crippen molar-refractivity contribution < 1.29 is 9.90 Å². The number of aryl methyl sites for hydroxylation is 1. The van der Waals surface area contributed by atoms with Crippen LogP contribution in [0.25, 0.3) is 0 Å². The molecule has 0 aliphatic rings. The van der Waals surface area contributed by atoms with E-state index in [0.717, 1.165) is 5.56 Å². The molecule has 0 radical (unpaired) electrons. The largest absolute Gasteiger partial charge is 0.508 e. The fraction of sp³-hybridized carbons (Fsp3) is 0.182. The molecule has 0 aliphatic carbocycles. The van der Waals surface area contributed by atoms with Crippen molar-refractivity contribution in [3.63, 3.8) is 0 Å². The molecule has 0 spiro atoms. The van der Waals surface area contributed by atoms with E-state index in [-0.39, 0.29) is 11.5 Å². The SMILES string of the molecule is C/C=C(/I)C(=O)c1ccc(O)cc1C. The lowest BCUT2D eigenvalue weighted by molar-refractivity contribution is 0.104. The van der Waals surface area contributed by atoms with Crippen LogP contribution in [-0.4, -0.2) is 10.9 Å². The maximum absolute atomic E-state index is 11.8. The third kappa shape index (κ3) is 2.35. The van der Waals surface area contributed by atoms with Crippen LogP contribution in [0.4, 0.5) is 0 Å². The van der Waals surface area contributed by atoms with Crippen molar-refractivity contribution >= 4 is 28.4 Å². The molecule has 1 rings (SSSR count). The Morgan fingerprint density at radius 2 is 2.14 bits per heavy atom. The molecule has 3 heteroatoms. The number of hydrogen-bond donors (Lipinski definition) is 1. The minimum atomic E-state index is 0.00519. The van der Waals surface area contributed by atoms with Gasteiger partial charge in [-0.3, -0.25) is 4.79 Å². The van der Waals surface area contributed by atoms with Gasteiger partial charge in [0.1, 0.15) is 5.75 Å². The summed E-state index contributed by atoms with van der Waals surface area (Å²) in [5.74, 6) is 0.195. The summed E-state index contributed by atoms with van der Waals surface area (Å²) in [5.41, 5.74) is 1.44. The Kier molecular flexibility index (Phi) is 3.69. The summed E-state index contributed by atoms with van der Waals surface area (Å²) in [4.78, 5) is 11.8. The Bertz CT molecular complexity index is 394. The van der Waals surface area contributed by atoms with Gasteiger partial charge in [-0.1, -0.05) is 6.08 Å². The van der Waals surface area contributed by atoms with Crippen molar-refractivity contribution in [2.75, 3.05) is 0 Å². The molecule has 0 bridgehead atoms. The van der Waals surface area contributed by atoms with Crippen LogP contribution in [0.15, 0.2) is 27.9 Å². The molecule has 74 valence electrons. The maximum Gasteiger partial charge on any atom is 0.199 e. The normalized spacial score (nSPS) is 11.5. The zero-order chi connectivity index (χ0) is 10.7. The first-order valence-electron chi connectivity index (χ1n) is 4.22. The molecule has 0 saturated heterocycles. The van der Waals surface area contributed by atoms with Crippen molar-refractivity contribution in [1.29, 1.82) is 0 Å². The zero-order valence-corrected chi connectivity index (χ0v) is 10.2. The number of carbonyl (C=O) groups is 1. The van der Waals surface area contributed by atoms with Gasteiger partial charge in [0.25, 0.3) is 0 Å². The number of halogens is 1. The topological polar surface area (TPSA) is 37.3 Å². The lowest BCUT2D eigenvalue weighted by Crippen LogP contribution is -2.00. The Labute approximate surface area is 96.8 Å². The molecule has 1 aromatic carbocycles. The highest BCUT2D eigenvalue weighted by Crippen LogP contribution is 2.21. The fourth-order valence-corrected chi connectivity index (χ4v) is 1.45. The molecule has 0 atom stereocenters. The Balaban J connectivity index is 3.14. The summed E-state index contributed by atoms with van der Waals surface area (Å²) in [5, 5.41) is 9.19. The molecule has 0 fully saturated rings. The first-order chi connectivity index (χ1) is 6.56. The van der Waals surface area contributed by atoms with Crippen LogP contribution in [0, 0.1) is 6.92 Å². The molecular formula is C11H11IO2. The third-order valence-electron chi connectivity index (χ3n) is 1.92. The van der Waals surface area contributed by atoms with E-state index in [4.69, 9.17) is 0 Å². The van der Waals surface area contributed by atoms with E-state index in [2.05, 4.69) is 0 Å². The number of rotatable bonds is 2. The molecule has 1 N–H and O–H groups in total. The minimum Gasteiger partial charge on any atom is -0.508 e. The summed E-state index contributed by atoms with van der Waals surface area (Å²) < 4.78 is 0.691. The van der Waals surface area contributed by atoms with Crippen molar-refractivity contribution in [3.8, 4) is 5.75 Å². The van der Waals surface area contributed by atoms with Crippen molar-refractivity contribution in [2.24, 2.45) is 0 Å². The molecule has 1 aromatic rings. The van der Waals surface area contributed by atoms with Crippen LogP contribution in [0.1, 0.15) is 22.8 Å². The van der Waals surface area contributed by atoms with E-state index >= 15 is 0 Å². The van der Waals surface area contributed by atoms with Gasteiger partial charge in [0.2, 0.25) is 0 Å². The Hall–Kier alpha value is -0.840. The maximum atomic E-state index is 11.8. The van der Waals surface area contributed by atoms with Gasteiger partial charge in [-0.25, -0.2) is 0 Å². The first kappa shape index (κ1) is 11.2. The fourth-order valence-electron chi connectivity index (χ4n) is 1.16. The second-order valence-corrected chi connectivity index (χ2v) is 4.13. The average molecular weight is 302 g/mol. The lowest BCUT2D eigenvalue weighted by atomic mass is 10.0. The van der Waals surface area contributed by atoms with E-state index in [1.54, 1.807) is 18.2 Å². The molecule has 0 unspecified atom stereocenters. The quantitative estimate of drug-likeness (QED) is 0.517. The zero-order valence-electron chi connectivity index (χ0n) is 8.04. The molecule has 0 aromatic heterocycles. The average Bonchev–Trinajstić information content (AvgIpc) is 2.15. The van der Waals surface area contributed by atoms with Crippen molar-refractivity contribution in [1.82, 2.24) is 0 Å². The number of Topliss-reactive ketones (excluding diaryl/α,β-unsaturated/α-hetero) is 1. The van der Waals surface area contributed by atoms with Gasteiger partial charge in [-0.2, -0.15) is 0 Å². The van der Waals surface area contributed by atoms with Crippen molar-refractivity contribution in [2.45, 2.75) is 13.8 Å². The minimum absolute atomic E-state index is 0.00519. The van der Waals surface area contributed by atoms with Crippen LogP contribution in [-0.2, 0) is 0 Å². The number of allylic oxidation sites excluding steroid dienone is 2. The highest BCUT2D eigenvalue weighted by Gasteiger charge is 2.11. The summed E-state index contributed by atoms with van der Waals surface area (Å²) in [6, 6.07) is 4.77. The van der Waals surface area contributed by atoms with Crippen LogP contribution >= 0.6 is 22.6 Å².